The van der Waals surface area contributed by atoms with Crippen LogP contribution in [0.2, 0.25) is 5.02 Å². The number of hydrogen-bond acceptors (Lipinski definition) is 6. The predicted molar refractivity (Wildman–Crippen MR) is 138 cm³/mol. The molecule has 1 aliphatic rings. The van der Waals surface area contributed by atoms with E-state index in [2.05, 4.69) is 5.32 Å². The largest absolute Gasteiger partial charge is 0.493 e. The van der Waals surface area contributed by atoms with Gasteiger partial charge in [-0.1, -0.05) is 30.5 Å². The Hall–Kier alpha value is -2.55. The molecular formula is C26H28ClNO5S2. The van der Waals surface area contributed by atoms with Gasteiger partial charge < -0.3 is 14.8 Å². The van der Waals surface area contributed by atoms with Gasteiger partial charge in [0.25, 0.3) is 5.91 Å². The van der Waals surface area contributed by atoms with Gasteiger partial charge in [-0.15, -0.1) is 11.3 Å². The molecule has 9 heteroatoms. The van der Waals surface area contributed by atoms with Crippen molar-refractivity contribution in [2.45, 2.75) is 47.8 Å². The molecule has 3 aromatic rings. The fourth-order valence-electron chi connectivity index (χ4n) is 4.75. The first-order valence-corrected chi connectivity index (χ1v) is 14.1. The molecule has 1 heterocycles. The van der Waals surface area contributed by atoms with Crippen LogP contribution in [0, 0.1) is 6.92 Å². The lowest BCUT2D eigenvalue weighted by Gasteiger charge is -2.30. The molecule has 35 heavy (non-hydrogen) atoms. The highest BCUT2D eigenvalue weighted by molar-refractivity contribution is 7.91. The number of thiophene rings is 1. The van der Waals surface area contributed by atoms with Crippen LogP contribution in [0.4, 0.5) is 0 Å². The quantitative estimate of drug-likeness (QED) is 0.395. The molecular weight excluding hydrogens is 506 g/mol. The Morgan fingerprint density at radius 3 is 2.34 bits per heavy atom. The predicted octanol–water partition coefficient (Wildman–Crippen LogP) is 5.80. The monoisotopic (exact) mass is 533 g/mol. The summed E-state index contributed by atoms with van der Waals surface area (Å²) in [7, 11) is -0.537. The molecule has 1 aliphatic carbocycles. The van der Waals surface area contributed by atoms with E-state index >= 15 is 0 Å². The topological polar surface area (TPSA) is 81.7 Å². The molecule has 0 aliphatic heterocycles. The van der Waals surface area contributed by atoms with Crippen LogP contribution in [-0.4, -0.2) is 35.1 Å². The third-order valence-corrected chi connectivity index (χ3v) is 10.1. The third kappa shape index (κ3) is 4.92. The average Bonchev–Trinajstić information content (AvgIpc) is 3.50. The fourth-order valence-corrected chi connectivity index (χ4v) is 7.71. The highest BCUT2D eigenvalue weighted by Crippen LogP contribution is 2.43. The van der Waals surface area contributed by atoms with E-state index in [4.69, 9.17) is 21.1 Å². The minimum Gasteiger partial charge on any atom is -0.493 e. The summed E-state index contributed by atoms with van der Waals surface area (Å²) in [6, 6.07) is 11.9. The van der Waals surface area contributed by atoms with Gasteiger partial charge in [0, 0.05) is 22.4 Å². The molecule has 0 atom stereocenters. The van der Waals surface area contributed by atoms with E-state index in [-0.39, 0.29) is 21.1 Å². The van der Waals surface area contributed by atoms with Crippen molar-refractivity contribution in [2.75, 3.05) is 20.8 Å². The summed E-state index contributed by atoms with van der Waals surface area (Å²) in [6.45, 7) is 2.13. The number of nitrogens with one attached hydrogen (secondary N) is 1. The van der Waals surface area contributed by atoms with Gasteiger partial charge in [0.05, 0.1) is 28.9 Å². The molecule has 4 rings (SSSR count). The molecule has 1 amide bonds. The maximum Gasteiger partial charge on any atom is 0.261 e. The SMILES string of the molecule is COc1ccc(C2(CNC(=O)c3scc(S(=O)(=O)c4ccc(Cl)cc4)c3C)CCCC2)cc1OC. The summed E-state index contributed by atoms with van der Waals surface area (Å²) in [5.41, 5.74) is 1.34. The van der Waals surface area contributed by atoms with Crippen molar-refractivity contribution in [3.05, 3.63) is 68.9 Å². The van der Waals surface area contributed by atoms with Gasteiger partial charge in [0.15, 0.2) is 11.5 Å². The maximum absolute atomic E-state index is 13.2. The number of carbonyl (C=O) groups is 1. The number of carbonyl (C=O) groups excluding carboxylic acids is 1. The zero-order chi connectivity index (χ0) is 25.2. The highest BCUT2D eigenvalue weighted by Gasteiger charge is 2.37. The molecule has 0 bridgehead atoms. The molecule has 6 nitrogen and oxygen atoms in total. The van der Waals surface area contributed by atoms with Crippen LogP contribution < -0.4 is 14.8 Å². The van der Waals surface area contributed by atoms with Gasteiger partial charge in [-0.05, 0) is 67.3 Å². The minimum atomic E-state index is -3.75. The number of sulfone groups is 1. The lowest BCUT2D eigenvalue weighted by atomic mass is 9.78. The minimum absolute atomic E-state index is 0.144. The Labute approximate surface area is 215 Å². The normalized spacial score (nSPS) is 15.1. The summed E-state index contributed by atoms with van der Waals surface area (Å²) in [5, 5.41) is 5.08. The van der Waals surface area contributed by atoms with E-state index in [1.54, 1.807) is 33.3 Å². The fraction of sp³-hybridized carbons (Fsp3) is 0.346. The molecule has 1 N–H and O–H groups in total. The van der Waals surface area contributed by atoms with E-state index in [0.29, 0.717) is 33.5 Å². The summed E-state index contributed by atoms with van der Waals surface area (Å²) in [4.78, 5) is 13.9. The zero-order valence-electron chi connectivity index (χ0n) is 19.9. The maximum atomic E-state index is 13.2. The smallest absolute Gasteiger partial charge is 0.261 e. The number of hydrogen-bond donors (Lipinski definition) is 1. The van der Waals surface area contributed by atoms with Crippen molar-refractivity contribution < 1.29 is 22.7 Å². The molecule has 1 aromatic heterocycles. The van der Waals surface area contributed by atoms with Crippen LogP contribution in [-0.2, 0) is 15.3 Å². The number of benzene rings is 2. The summed E-state index contributed by atoms with van der Waals surface area (Å²) in [5.74, 6) is 1.06. The van der Waals surface area contributed by atoms with Crippen molar-refractivity contribution in [1.29, 1.82) is 0 Å². The molecule has 0 saturated heterocycles. The second kappa shape index (κ2) is 10.2. The van der Waals surface area contributed by atoms with Gasteiger partial charge in [0.2, 0.25) is 9.84 Å². The standard InChI is InChI=1S/C26H28ClNO5S2/c1-17-23(35(30,31)20-9-7-19(27)8-10-20)15-34-24(17)25(29)28-16-26(12-4-5-13-26)18-6-11-21(32-2)22(14-18)33-3/h6-11,14-15H,4-5,12-13,16H2,1-3H3,(H,28,29). The second-order valence-electron chi connectivity index (χ2n) is 8.75. The molecule has 186 valence electrons. The van der Waals surface area contributed by atoms with Crippen LogP contribution >= 0.6 is 22.9 Å². The van der Waals surface area contributed by atoms with Crippen LogP contribution in [0.5, 0.6) is 11.5 Å². The number of methoxy groups -OCH3 is 2. The zero-order valence-corrected chi connectivity index (χ0v) is 22.3. The van der Waals surface area contributed by atoms with Gasteiger partial charge >= 0.3 is 0 Å². The first-order chi connectivity index (χ1) is 16.7. The van der Waals surface area contributed by atoms with Crippen LogP contribution in [0.3, 0.4) is 0 Å². The van der Waals surface area contributed by atoms with Crippen molar-refractivity contribution in [3.63, 3.8) is 0 Å². The van der Waals surface area contributed by atoms with E-state index in [1.807, 2.05) is 18.2 Å². The van der Waals surface area contributed by atoms with E-state index < -0.39 is 9.84 Å². The molecule has 0 radical (unpaired) electrons. The van der Waals surface area contributed by atoms with Crippen molar-refractivity contribution in [3.8, 4) is 11.5 Å². The Morgan fingerprint density at radius 2 is 1.71 bits per heavy atom. The average molecular weight is 534 g/mol. The van der Waals surface area contributed by atoms with Crippen LogP contribution in [0.25, 0.3) is 0 Å². The number of amides is 1. The Balaban J connectivity index is 1.56. The van der Waals surface area contributed by atoms with Crippen LogP contribution in [0.15, 0.2) is 57.6 Å². The third-order valence-electron chi connectivity index (χ3n) is 6.76. The van der Waals surface area contributed by atoms with Crippen LogP contribution in [0.1, 0.15) is 46.5 Å². The summed E-state index contributed by atoms with van der Waals surface area (Å²) < 4.78 is 37.1. The van der Waals surface area contributed by atoms with E-state index in [9.17, 15) is 13.2 Å². The Morgan fingerprint density at radius 1 is 1.06 bits per heavy atom. The van der Waals surface area contributed by atoms with Crippen molar-refractivity contribution in [1.82, 2.24) is 5.32 Å². The summed E-state index contributed by atoms with van der Waals surface area (Å²) >= 11 is 7.05. The van der Waals surface area contributed by atoms with Crippen molar-refractivity contribution in [2.24, 2.45) is 0 Å². The van der Waals surface area contributed by atoms with E-state index in [0.717, 1.165) is 42.6 Å². The Kier molecular flexibility index (Phi) is 7.45. The highest BCUT2D eigenvalue weighted by atomic mass is 35.5. The Bertz CT molecular complexity index is 1330. The number of halogens is 1. The summed E-state index contributed by atoms with van der Waals surface area (Å²) in [6.07, 6.45) is 4.04. The molecule has 1 fully saturated rings. The van der Waals surface area contributed by atoms with Gasteiger partial charge in [-0.25, -0.2) is 8.42 Å². The van der Waals surface area contributed by atoms with Crippen molar-refractivity contribution >= 4 is 38.7 Å². The lowest BCUT2D eigenvalue weighted by Crippen LogP contribution is -2.39. The number of ether oxygens (including phenoxy) is 2. The van der Waals surface area contributed by atoms with Gasteiger partial charge in [-0.3, -0.25) is 4.79 Å². The lowest BCUT2D eigenvalue weighted by molar-refractivity contribution is 0.0946. The van der Waals surface area contributed by atoms with E-state index in [1.165, 1.54) is 17.5 Å². The molecule has 2 aromatic carbocycles. The first kappa shape index (κ1) is 25.5. The molecule has 0 unspecified atom stereocenters. The van der Waals surface area contributed by atoms with Gasteiger partial charge in [-0.2, -0.15) is 0 Å². The first-order valence-electron chi connectivity index (χ1n) is 11.3. The van der Waals surface area contributed by atoms with Gasteiger partial charge in [0.1, 0.15) is 0 Å². The molecule has 1 saturated carbocycles. The second-order valence-corrected chi connectivity index (χ2v) is 12.0. The molecule has 0 spiro atoms. The number of rotatable bonds is 8.